The number of allylic oxidation sites excluding steroid dienone is 1. The third-order valence-corrected chi connectivity index (χ3v) is 7.73. The van der Waals surface area contributed by atoms with Crippen LogP contribution in [-0.2, 0) is 14.3 Å². The van der Waals surface area contributed by atoms with Crippen LogP contribution in [0.4, 0.5) is 11.5 Å². The zero-order valence-electron chi connectivity index (χ0n) is 24.3. The van der Waals surface area contributed by atoms with E-state index in [1.807, 2.05) is 13.0 Å². The molecule has 0 unspecified atom stereocenters. The average molecular weight is 575 g/mol. The molecule has 3 aromatic rings. The highest BCUT2D eigenvalue weighted by Crippen LogP contribution is 2.38. The predicted octanol–water partition coefficient (Wildman–Crippen LogP) is 3.74. The number of carbonyl (C=O) groups excluding carboxylic acids is 2. The Hall–Kier alpha value is -4.29. The van der Waals surface area contributed by atoms with E-state index in [2.05, 4.69) is 30.9 Å². The molecular formula is C30H38N8O4. The maximum atomic E-state index is 12.7. The molecule has 4 N–H and O–H groups in total. The maximum Gasteiger partial charge on any atom is 0.271 e. The number of aryl methyl sites for hydroxylation is 1. The first-order valence-electron chi connectivity index (χ1n) is 14.2. The van der Waals surface area contributed by atoms with E-state index in [0.29, 0.717) is 40.6 Å². The van der Waals surface area contributed by atoms with E-state index in [4.69, 9.17) is 14.9 Å². The van der Waals surface area contributed by atoms with Gasteiger partial charge in [-0.15, -0.1) is 5.10 Å². The van der Waals surface area contributed by atoms with E-state index in [-0.39, 0.29) is 23.2 Å². The minimum Gasteiger partial charge on any atom is -0.438 e. The fourth-order valence-electron chi connectivity index (χ4n) is 5.16. The number of imidazole rings is 1. The van der Waals surface area contributed by atoms with Gasteiger partial charge in [0.1, 0.15) is 11.4 Å². The van der Waals surface area contributed by atoms with Crippen molar-refractivity contribution >= 4 is 34.7 Å². The molecule has 2 fully saturated rings. The molecule has 1 aromatic carbocycles. The molecular weight excluding hydrogens is 536 g/mol. The van der Waals surface area contributed by atoms with Crippen LogP contribution >= 0.6 is 0 Å². The molecule has 0 bridgehead atoms. The number of benzene rings is 1. The third kappa shape index (κ3) is 7.12. The van der Waals surface area contributed by atoms with Crippen LogP contribution in [0.3, 0.4) is 0 Å². The van der Waals surface area contributed by atoms with Gasteiger partial charge in [-0.2, -0.15) is 0 Å². The molecule has 2 amide bonds. The highest BCUT2D eigenvalue weighted by molar-refractivity contribution is 6.08. The van der Waals surface area contributed by atoms with Gasteiger partial charge in [-0.3, -0.25) is 9.59 Å². The molecule has 12 nitrogen and oxygen atoms in total. The minimum absolute atomic E-state index is 0.0722. The Bertz CT molecular complexity index is 1500. The highest BCUT2D eigenvalue weighted by atomic mass is 16.5. The summed E-state index contributed by atoms with van der Waals surface area (Å²) in [5.74, 6) is 0.812. The van der Waals surface area contributed by atoms with E-state index in [1.165, 1.54) is 18.9 Å². The Kier molecular flexibility index (Phi) is 8.83. The number of likely N-dealkylation sites (N-methyl/N-ethyl adjacent to an activating group) is 1. The van der Waals surface area contributed by atoms with Crippen molar-refractivity contribution in [3.63, 3.8) is 0 Å². The Morgan fingerprint density at radius 3 is 2.64 bits per heavy atom. The topological polar surface area (TPSA) is 146 Å². The van der Waals surface area contributed by atoms with Crippen LogP contribution in [0.5, 0.6) is 11.6 Å². The zero-order valence-corrected chi connectivity index (χ0v) is 24.3. The number of piperidine rings is 1. The quantitative estimate of drug-likeness (QED) is 0.200. The van der Waals surface area contributed by atoms with Gasteiger partial charge < -0.3 is 35.7 Å². The van der Waals surface area contributed by atoms with Crippen LogP contribution in [0, 0.1) is 17.7 Å². The first kappa shape index (κ1) is 29.2. The lowest BCUT2D eigenvalue weighted by Gasteiger charge is -2.47. The number of carbonyl (C=O) groups is 2. The van der Waals surface area contributed by atoms with Gasteiger partial charge in [0.15, 0.2) is 11.5 Å². The SMILES string of the molecule is CN/C(=C\C(C)=N)C(=O)Nc1cc(Oc2ccc3nc(NC(=O)CCCN4CCC5(CC4)COC5)cn3n2)ccc1C. The fraction of sp³-hybridized carbons (Fsp3) is 0.433. The number of anilines is 2. The Labute approximate surface area is 245 Å². The highest BCUT2D eigenvalue weighted by Gasteiger charge is 2.40. The summed E-state index contributed by atoms with van der Waals surface area (Å²) in [5, 5.41) is 20.6. The number of hydrogen-bond acceptors (Lipinski definition) is 9. The molecule has 0 radical (unpaired) electrons. The molecule has 1 spiro atoms. The lowest BCUT2D eigenvalue weighted by atomic mass is 9.77. The average Bonchev–Trinajstić information content (AvgIpc) is 3.34. The maximum absolute atomic E-state index is 12.7. The van der Waals surface area contributed by atoms with Crippen molar-refractivity contribution in [1.29, 1.82) is 5.41 Å². The summed E-state index contributed by atoms with van der Waals surface area (Å²) in [6.45, 7) is 8.35. The summed E-state index contributed by atoms with van der Waals surface area (Å²) in [4.78, 5) is 32.1. The Morgan fingerprint density at radius 2 is 1.95 bits per heavy atom. The molecule has 2 aliphatic heterocycles. The summed E-state index contributed by atoms with van der Waals surface area (Å²) >= 11 is 0. The van der Waals surface area contributed by atoms with E-state index in [9.17, 15) is 9.59 Å². The van der Waals surface area contributed by atoms with Gasteiger partial charge in [-0.25, -0.2) is 9.50 Å². The van der Waals surface area contributed by atoms with Gasteiger partial charge in [0.2, 0.25) is 11.8 Å². The second-order valence-electron chi connectivity index (χ2n) is 11.1. The Balaban J connectivity index is 1.14. The smallest absolute Gasteiger partial charge is 0.271 e. The van der Waals surface area contributed by atoms with Crippen LogP contribution in [0.1, 0.15) is 38.2 Å². The molecule has 0 atom stereocenters. The van der Waals surface area contributed by atoms with Crippen LogP contribution in [0.25, 0.3) is 5.65 Å². The summed E-state index contributed by atoms with van der Waals surface area (Å²) in [5.41, 5.74) is 2.97. The summed E-state index contributed by atoms with van der Waals surface area (Å²) < 4.78 is 12.9. The number of rotatable bonds is 11. The fourth-order valence-corrected chi connectivity index (χ4v) is 5.16. The van der Waals surface area contributed by atoms with Crippen LogP contribution in [-0.4, -0.2) is 76.9 Å². The van der Waals surface area contributed by atoms with Crippen molar-refractivity contribution in [2.24, 2.45) is 5.41 Å². The van der Waals surface area contributed by atoms with Gasteiger partial charge in [0.05, 0.1) is 19.4 Å². The van der Waals surface area contributed by atoms with Gasteiger partial charge in [-0.05, 0) is 76.5 Å². The number of nitrogens with one attached hydrogen (secondary N) is 4. The van der Waals surface area contributed by atoms with Gasteiger partial charge in [-0.1, -0.05) is 6.07 Å². The number of nitrogens with zero attached hydrogens (tertiary/aromatic N) is 4. The molecule has 2 aromatic heterocycles. The first-order valence-corrected chi connectivity index (χ1v) is 14.2. The lowest BCUT2D eigenvalue weighted by Crippen LogP contribution is -2.50. The monoisotopic (exact) mass is 574 g/mol. The van der Waals surface area contributed by atoms with E-state index >= 15 is 0 Å². The largest absolute Gasteiger partial charge is 0.438 e. The molecule has 0 aliphatic carbocycles. The summed E-state index contributed by atoms with van der Waals surface area (Å²) in [6.07, 6.45) is 6.71. The van der Waals surface area contributed by atoms with E-state index in [0.717, 1.165) is 44.8 Å². The minimum atomic E-state index is -0.360. The van der Waals surface area contributed by atoms with Crippen molar-refractivity contribution in [2.45, 2.75) is 39.5 Å². The van der Waals surface area contributed by atoms with E-state index < -0.39 is 0 Å². The third-order valence-electron chi connectivity index (χ3n) is 7.73. The molecule has 12 heteroatoms. The van der Waals surface area contributed by atoms with Crippen LogP contribution < -0.4 is 20.7 Å². The van der Waals surface area contributed by atoms with Crippen LogP contribution in [0.15, 0.2) is 48.3 Å². The normalized spacial score (nSPS) is 16.6. The van der Waals surface area contributed by atoms with Gasteiger partial charge >= 0.3 is 0 Å². The first-order chi connectivity index (χ1) is 20.2. The summed E-state index contributed by atoms with van der Waals surface area (Å²) in [7, 11) is 1.63. The second kappa shape index (κ2) is 12.7. The lowest BCUT2D eigenvalue weighted by molar-refractivity contribution is -0.139. The molecule has 4 heterocycles. The molecule has 2 saturated heterocycles. The van der Waals surface area contributed by atoms with Crippen molar-refractivity contribution in [3.8, 4) is 11.6 Å². The van der Waals surface area contributed by atoms with Gasteiger partial charge in [0, 0.05) is 42.4 Å². The van der Waals surface area contributed by atoms with Crippen LogP contribution in [0.2, 0.25) is 0 Å². The molecule has 2 aliphatic rings. The van der Waals surface area contributed by atoms with Crippen molar-refractivity contribution in [3.05, 3.63) is 53.9 Å². The number of likely N-dealkylation sites (tertiary alicyclic amines) is 1. The van der Waals surface area contributed by atoms with E-state index in [1.54, 1.807) is 48.9 Å². The predicted molar refractivity (Wildman–Crippen MR) is 160 cm³/mol. The second-order valence-corrected chi connectivity index (χ2v) is 11.1. The van der Waals surface area contributed by atoms with Gasteiger partial charge in [0.25, 0.3) is 5.91 Å². The molecule has 0 saturated carbocycles. The molecule has 5 rings (SSSR count). The Morgan fingerprint density at radius 1 is 1.17 bits per heavy atom. The number of hydrogen-bond donors (Lipinski definition) is 4. The van der Waals surface area contributed by atoms with Crippen molar-refractivity contribution in [2.75, 3.05) is 50.5 Å². The molecule has 42 heavy (non-hydrogen) atoms. The number of aromatic nitrogens is 3. The van der Waals surface area contributed by atoms with Crippen molar-refractivity contribution < 1.29 is 19.1 Å². The number of amides is 2. The molecule has 222 valence electrons. The number of fused-ring (bicyclic) bond motifs is 1. The number of ether oxygens (including phenoxy) is 2. The zero-order chi connectivity index (χ0) is 29.7. The summed E-state index contributed by atoms with van der Waals surface area (Å²) in [6, 6.07) is 8.79. The standard InChI is InChI=1S/C30H38N8O4/c1-20-6-7-22(16-23(20)33-29(40)24(32-3)15-21(2)31)42-28-9-8-26-34-25(17-38(26)36-28)35-27(39)5-4-12-37-13-10-30(11-14-37)18-41-19-30/h6-9,15-17,31-32H,4-5,10-14,18-19H2,1-3H3,(H,33,40)(H,35,39)/b24-15-,31-21?. The van der Waals surface area contributed by atoms with Crippen molar-refractivity contribution in [1.82, 2.24) is 24.8 Å².